The van der Waals surface area contributed by atoms with Crippen molar-refractivity contribution in [3.05, 3.63) is 120 Å². The maximum Gasteiger partial charge on any atom is 0.254 e. The smallest absolute Gasteiger partial charge is 0.254 e. The van der Waals surface area contributed by atoms with E-state index in [2.05, 4.69) is 40.2 Å². The Morgan fingerprint density at radius 3 is 2.09 bits per heavy atom. The molecule has 5 rings (SSSR count). The van der Waals surface area contributed by atoms with Crippen LogP contribution >= 0.6 is 0 Å². The van der Waals surface area contributed by atoms with Crippen LogP contribution < -0.4 is 21.3 Å². The number of aliphatic imine (C=N–C) groups is 1. The van der Waals surface area contributed by atoms with Gasteiger partial charge in [-0.3, -0.25) is 9.69 Å². The van der Waals surface area contributed by atoms with E-state index >= 15 is 0 Å². The van der Waals surface area contributed by atoms with Gasteiger partial charge >= 0.3 is 0 Å². The number of hydrogen-bond donors (Lipinski definition) is 2. The van der Waals surface area contributed by atoms with Crippen molar-refractivity contribution >= 4 is 34.6 Å². The molecule has 0 saturated carbocycles. The Bertz CT molecular complexity index is 1330. The van der Waals surface area contributed by atoms with Gasteiger partial charge in [-0.1, -0.05) is 66.7 Å². The predicted octanol–water partition coefficient (Wildman–Crippen LogP) is 4.89. The Kier molecular flexibility index (Phi) is 6.18. The van der Waals surface area contributed by atoms with Crippen molar-refractivity contribution in [1.82, 2.24) is 0 Å². The third kappa shape index (κ3) is 4.73. The number of carbonyl (C=O) groups is 1. The molecule has 4 aromatic carbocycles. The summed E-state index contributed by atoms with van der Waals surface area (Å²) in [6, 6.07) is 35.4. The molecule has 4 aromatic rings. The fourth-order valence-corrected chi connectivity index (χ4v) is 4.57. The second-order valence-electron chi connectivity index (χ2n) is 8.52. The molecule has 1 atom stereocenters. The fraction of sp³-hybridized carbons (Fsp3) is 0.103. The molecular weight excluding hydrogens is 434 g/mol. The summed E-state index contributed by atoms with van der Waals surface area (Å²) < 4.78 is 0. The SMILES string of the molecule is NC(N)=Nc1ccc(N2C(=O)C(Cc3ccccc3)N(c3ccccc3)Cc3ccccc32)cc1. The van der Waals surface area contributed by atoms with Crippen molar-refractivity contribution in [2.24, 2.45) is 16.5 Å². The largest absolute Gasteiger partial charge is 0.370 e. The van der Waals surface area contributed by atoms with Crippen molar-refractivity contribution in [2.45, 2.75) is 19.0 Å². The third-order valence-corrected chi connectivity index (χ3v) is 6.18. The third-order valence-electron chi connectivity index (χ3n) is 6.18. The Hall–Kier alpha value is -4.58. The van der Waals surface area contributed by atoms with Crippen LogP contribution in [-0.2, 0) is 17.8 Å². The monoisotopic (exact) mass is 461 g/mol. The van der Waals surface area contributed by atoms with Crippen molar-refractivity contribution in [2.75, 3.05) is 9.80 Å². The number of amides is 1. The summed E-state index contributed by atoms with van der Waals surface area (Å²) in [5, 5.41) is 0. The molecule has 0 spiro atoms. The van der Waals surface area contributed by atoms with E-state index in [4.69, 9.17) is 11.5 Å². The van der Waals surface area contributed by atoms with Crippen LogP contribution in [0.3, 0.4) is 0 Å². The highest BCUT2D eigenvalue weighted by Crippen LogP contribution is 2.37. The zero-order chi connectivity index (χ0) is 24.2. The second-order valence-corrected chi connectivity index (χ2v) is 8.52. The van der Waals surface area contributed by atoms with Crippen LogP contribution in [0.4, 0.5) is 22.7 Å². The van der Waals surface area contributed by atoms with Crippen LogP contribution in [-0.4, -0.2) is 17.9 Å². The summed E-state index contributed by atoms with van der Waals surface area (Å²) in [6.45, 7) is 0.617. The standard InChI is InChI=1S/C29H27N5O/c30-29(31)32-23-15-17-25(18-16-23)34-26-14-8-7-11-22(26)20-33(24-12-5-2-6-13-24)27(28(34)35)19-21-9-3-1-4-10-21/h1-18,27H,19-20H2,(H4,30,31,32). The van der Waals surface area contributed by atoms with E-state index in [1.807, 2.05) is 83.8 Å². The molecule has 1 aliphatic heterocycles. The Morgan fingerprint density at radius 1 is 0.771 bits per heavy atom. The molecule has 1 unspecified atom stereocenters. The highest BCUT2D eigenvalue weighted by molar-refractivity contribution is 6.06. The highest BCUT2D eigenvalue weighted by atomic mass is 16.2. The predicted molar refractivity (Wildman–Crippen MR) is 142 cm³/mol. The average molecular weight is 462 g/mol. The Labute approximate surface area is 205 Å². The number of para-hydroxylation sites is 2. The van der Waals surface area contributed by atoms with E-state index in [9.17, 15) is 4.79 Å². The summed E-state index contributed by atoms with van der Waals surface area (Å²) in [6.07, 6.45) is 0.588. The summed E-state index contributed by atoms with van der Waals surface area (Å²) >= 11 is 0. The number of fused-ring (bicyclic) bond motifs is 1. The van der Waals surface area contributed by atoms with Gasteiger partial charge in [-0.25, -0.2) is 4.99 Å². The molecule has 0 aliphatic carbocycles. The molecule has 1 aliphatic rings. The van der Waals surface area contributed by atoms with E-state index < -0.39 is 6.04 Å². The summed E-state index contributed by atoms with van der Waals surface area (Å²) in [4.78, 5) is 22.5. The minimum atomic E-state index is -0.399. The number of benzene rings is 4. The maximum absolute atomic E-state index is 14.4. The lowest BCUT2D eigenvalue weighted by molar-refractivity contribution is -0.119. The van der Waals surface area contributed by atoms with Crippen molar-refractivity contribution < 1.29 is 4.79 Å². The van der Waals surface area contributed by atoms with E-state index in [-0.39, 0.29) is 11.9 Å². The summed E-state index contributed by atoms with van der Waals surface area (Å²) in [7, 11) is 0. The molecule has 0 radical (unpaired) electrons. The zero-order valence-corrected chi connectivity index (χ0v) is 19.3. The van der Waals surface area contributed by atoms with Gasteiger partial charge in [-0.2, -0.15) is 0 Å². The molecule has 1 amide bonds. The number of rotatable bonds is 5. The van der Waals surface area contributed by atoms with Crippen LogP contribution in [0.1, 0.15) is 11.1 Å². The van der Waals surface area contributed by atoms with E-state index in [1.165, 1.54) is 0 Å². The van der Waals surface area contributed by atoms with Gasteiger partial charge in [-0.05, 0) is 53.6 Å². The molecule has 174 valence electrons. The second kappa shape index (κ2) is 9.73. The molecular formula is C29H27N5O. The van der Waals surface area contributed by atoms with Gasteiger partial charge in [0.1, 0.15) is 6.04 Å². The first kappa shape index (κ1) is 22.2. The Balaban J connectivity index is 1.63. The van der Waals surface area contributed by atoms with Crippen LogP contribution in [0.5, 0.6) is 0 Å². The number of guanidine groups is 1. The lowest BCUT2D eigenvalue weighted by atomic mass is 10.0. The molecule has 0 bridgehead atoms. The fourth-order valence-electron chi connectivity index (χ4n) is 4.57. The lowest BCUT2D eigenvalue weighted by Crippen LogP contribution is -2.46. The van der Waals surface area contributed by atoms with Gasteiger partial charge in [0.25, 0.3) is 5.91 Å². The number of hydrogen-bond acceptors (Lipinski definition) is 3. The van der Waals surface area contributed by atoms with Crippen LogP contribution in [0.25, 0.3) is 0 Å². The quantitative estimate of drug-likeness (QED) is 0.327. The lowest BCUT2D eigenvalue weighted by Gasteiger charge is -2.33. The van der Waals surface area contributed by atoms with Gasteiger partial charge in [0.05, 0.1) is 11.4 Å². The van der Waals surface area contributed by atoms with E-state index in [0.29, 0.717) is 18.7 Å². The first-order valence-corrected chi connectivity index (χ1v) is 11.6. The van der Waals surface area contributed by atoms with Crippen molar-refractivity contribution in [1.29, 1.82) is 0 Å². The number of carbonyl (C=O) groups excluding carboxylic acids is 1. The number of nitrogens with two attached hydrogens (primary N) is 2. The van der Waals surface area contributed by atoms with Gasteiger partial charge in [0.15, 0.2) is 5.96 Å². The average Bonchev–Trinajstić information content (AvgIpc) is 3.00. The van der Waals surface area contributed by atoms with E-state index in [1.54, 1.807) is 0 Å². The van der Waals surface area contributed by atoms with Crippen molar-refractivity contribution in [3.63, 3.8) is 0 Å². The van der Waals surface area contributed by atoms with Crippen LogP contribution in [0.2, 0.25) is 0 Å². The van der Waals surface area contributed by atoms with Crippen LogP contribution in [0, 0.1) is 0 Å². The minimum Gasteiger partial charge on any atom is -0.370 e. The van der Waals surface area contributed by atoms with Gasteiger partial charge in [0.2, 0.25) is 0 Å². The zero-order valence-electron chi connectivity index (χ0n) is 19.3. The molecule has 6 heteroatoms. The Morgan fingerprint density at radius 2 is 1.40 bits per heavy atom. The summed E-state index contributed by atoms with van der Waals surface area (Å²) in [5.41, 5.74) is 16.5. The topological polar surface area (TPSA) is 88.0 Å². The molecule has 0 saturated heterocycles. The molecule has 4 N–H and O–H groups in total. The molecule has 0 aromatic heterocycles. The van der Waals surface area contributed by atoms with Crippen LogP contribution in [0.15, 0.2) is 114 Å². The van der Waals surface area contributed by atoms with Crippen molar-refractivity contribution in [3.8, 4) is 0 Å². The normalized spacial score (nSPS) is 15.3. The first-order chi connectivity index (χ1) is 17.1. The maximum atomic E-state index is 14.4. The molecule has 35 heavy (non-hydrogen) atoms. The van der Waals surface area contributed by atoms with Gasteiger partial charge in [0, 0.05) is 24.3 Å². The molecule has 0 fully saturated rings. The number of anilines is 3. The number of nitrogens with zero attached hydrogens (tertiary/aromatic N) is 3. The minimum absolute atomic E-state index is 0.00428. The first-order valence-electron chi connectivity index (χ1n) is 11.6. The van der Waals surface area contributed by atoms with E-state index in [0.717, 1.165) is 28.2 Å². The summed E-state index contributed by atoms with van der Waals surface area (Å²) in [5.74, 6) is 0.00705. The molecule has 6 nitrogen and oxygen atoms in total. The van der Waals surface area contributed by atoms with Gasteiger partial charge in [-0.15, -0.1) is 0 Å². The van der Waals surface area contributed by atoms with Gasteiger partial charge < -0.3 is 16.4 Å². The molecule has 1 heterocycles. The highest BCUT2D eigenvalue weighted by Gasteiger charge is 2.36.